The van der Waals surface area contributed by atoms with Crippen LogP contribution in [0.4, 0.5) is 4.79 Å². The zero-order valence-electron chi connectivity index (χ0n) is 14.9. The summed E-state index contributed by atoms with van der Waals surface area (Å²) in [5.41, 5.74) is 21.1. The Morgan fingerprint density at radius 3 is 2.25 bits per heavy atom. The number of amides is 1. The van der Waals surface area contributed by atoms with Crippen LogP contribution in [-0.4, -0.2) is 30.8 Å². The Balaban J connectivity index is 4.06. The van der Waals surface area contributed by atoms with Gasteiger partial charge in [0, 0.05) is 31.5 Å². The zero-order chi connectivity index (χ0) is 18.6. The van der Waals surface area contributed by atoms with Gasteiger partial charge in [-0.3, -0.25) is 0 Å². The van der Waals surface area contributed by atoms with Crippen molar-refractivity contribution in [2.45, 2.75) is 51.7 Å². The molecule has 1 atom stereocenters. The number of nitrogens with two attached hydrogens (primary N) is 4. The Morgan fingerprint density at radius 1 is 1.08 bits per heavy atom. The molecule has 0 aromatic heterocycles. The highest BCUT2D eigenvalue weighted by Crippen LogP contribution is 2.06. The molecule has 0 aliphatic heterocycles. The molecule has 11 N–H and O–H groups in total. The van der Waals surface area contributed by atoms with Crippen LogP contribution in [0, 0.1) is 0 Å². The topological polar surface area (TPSA) is 166 Å². The van der Waals surface area contributed by atoms with Gasteiger partial charge < -0.3 is 43.6 Å². The second-order valence-electron chi connectivity index (χ2n) is 6.48. The van der Waals surface area contributed by atoms with Gasteiger partial charge in [0.25, 0.3) is 0 Å². The van der Waals surface area contributed by atoms with Gasteiger partial charge >= 0.3 is 6.09 Å². The molecule has 1 unspecified atom stereocenters. The largest absolute Gasteiger partial charge is 0.444 e. The molecule has 1 amide bonds. The van der Waals surface area contributed by atoms with Gasteiger partial charge in [0.15, 0.2) is 0 Å². The monoisotopic (exact) mass is 343 g/mol. The Kier molecular flexibility index (Phi) is 10.0. The van der Waals surface area contributed by atoms with Crippen molar-refractivity contribution < 1.29 is 9.53 Å². The van der Waals surface area contributed by atoms with E-state index < -0.39 is 11.7 Å². The molecule has 0 aromatic carbocycles. The standard InChI is InChI=1S/C15H33N7O2/c1-15(2,3)24-14(23)21-7-5-4-6-11(22-10-13(18)19)8-20-9-12(16)17/h9-11,20,22H,4-8,16-19H2,1-3H3,(H,21,23). The highest BCUT2D eigenvalue weighted by molar-refractivity contribution is 5.67. The molecule has 0 aromatic rings. The maximum absolute atomic E-state index is 11.5. The van der Waals surface area contributed by atoms with Gasteiger partial charge in [-0.05, 0) is 40.0 Å². The fourth-order valence-electron chi connectivity index (χ4n) is 1.80. The number of rotatable bonds is 10. The third-order valence-electron chi connectivity index (χ3n) is 2.77. The van der Waals surface area contributed by atoms with E-state index in [4.69, 9.17) is 27.7 Å². The van der Waals surface area contributed by atoms with Gasteiger partial charge in [0.2, 0.25) is 0 Å². The molecule has 0 aliphatic carbocycles. The first-order valence-electron chi connectivity index (χ1n) is 7.98. The molecule has 0 saturated heterocycles. The second kappa shape index (κ2) is 11.1. The van der Waals surface area contributed by atoms with Crippen LogP contribution < -0.4 is 38.9 Å². The molecule has 0 fully saturated rings. The van der Waals surface area contributed by atoms with Crippen LogP contribution >= 0.6 is 0 Å². The van der Waals surface area contributed by atoms with Gasteiger partial charge in [0.05, 0.1) is 0 Å². The predicted octanol–water partition coefficient (Wildman–Crippen LogP) is -0.338. The van der Waals surface area contributed by atoms with E-state index in [1.807, 2.05) is 20.8 Å². The van der Waals surface area contributed by atoms with Crippen LogP contribution in [0.3, 0.4) is 0 Å². The number of alkyl carbamates (subject to hydrolysis) is 1. The van der Waals surface area contributed by atoms with E-state index in [1.54, 1.807) is 6.20 Å². The fraction of sp³-hybridized carbons (Fsp3) is 0.667. The molecule has 0 bridgehead atoms. The molecule has 140 valence electrons. The number of nitrogens with one attached hydrogen (secondary N) is 3. The minimum Gasteiger partial charge on any atom is -0.444 e. The number of hydrogen-bond donors (Lipinski definition) is 7. The summed E-state index contributed by atoms with van der Waals surface area (Å²) in [6.07, 6.45) is 5.27. The molecule has 0 radical (unpaired) electrons. The molecule has 9 nitrogen and oxygen atoms in total. The van der Waals surface area contributed by atoms with E-state index in [-0.39, 0.29) is 17.7 Å². The third-order valence-corrected chi connectivity index (χ3v) is 2.77. The predicted molar refractivity (Wildman–Crippen MR) is 95.9 cm³/mol. The summed E-state index contributed by atoms with van der Waals surface area (Å²) < 4.78 is 5.17. The summed E-state index contributed by atoms with van der Waals surface area (Å²) in [6.45, 7) is 6.65. The van der Waals surface area contributed by atoms with Crippen molar-refractivity contribution in [3.63, 3.8) is 0 Å². The van der Waals surface area contributed by atoms with Crippen LogP contribution in [0.25, 0.3) is 0 Å². The first-order valence-corrected chi connectivity index (χ1v) is 7.98. The fourth-order valence-corrected chi connectivity index (χ4v) is 1.80. The molecule has 9 heteroatoms. The van der Waals surface area contributed by atoms with E-state index in [2.05, 4.69) is 16.0 Å². The molecule has 0 rings (SSSR count). The van der Waals surface area contributed by atoms with Crippen molar-refractivity contribution in [2.24, 2.45) is 22.9 Å². The van der Waals surface area contributed by atoms with Crippen molar-refractivity contribution in [1.82, 2.24) is 16.0 Å². The summed E-state index contributed by atoms with van der Waals surface area (Å²) in [5.74, 6) is 0.421. The first kappa shape index (κ1) is 21.6. The molecule has 0 aliphatic rings. The van der Waals surface area contributed by atoms with E-state index in [0.717, 1.165) is 19.3 Å². The SMILES string of the molecule is CC(C)(C)OC(=O)NCCCCC(CNC=C(N)N)NC=C(N)N. The minimum atomic E-state index is -0.488. The third kappa shape index (κ3) is 14.5. The van der Waals surface area contributed by atoms with Crippen LogP contribution in [0.5, 0.6) is 0 Å². The van der Waals surface area contributed by atoms with Gasteiger partial charge in [-0.25, -0.2) is 4.79 Å². The molecule has 0 heterocycles. The van der Waals surface area contributed by atoms with Gasteiger partial charge in [-0.1, -0.05) is 0 Å². The first-order chi connectivity index (χ1) is 11.1. The summed E-state index contributed by atoms with van der Waals surface area (Å²) in [6, 6.07) is 0.101. The minimum absolute atomic E-state index is 0.101. The Morgan fingerprint density at radius 2 is 1.71 bits per heavy atom. The van der Waals surface area contributed by atoms with Crippen molar-refractivity contribution in [3.05, 3.63) is 24.0 Å². The van der Waals surface area contributed by atoms with Crippen LogP contribution in [-0.2, 0) is 4.74 Å². The maximum atomic E-state index is 11.5. The second-order valence-corrected chi connectivity index (χ2v) is 6.48. The average Bonchev–Trinajstić information content (AvgIpc) is 2.41. The lowest BCUT2D eigenvalue weighted by Crippen LogP contribution is -2.36. The van der Waals surface area contributed by atoms with Gasteiger partial charge in [0.1, 0.15) is 17.2 Å². The smallest absolute Gasteiger partial charge is 0.407 e. The molecule has 24 heavy (non-hydrogen) atoms. The lowest BCUT2D eigenvalue weighted by molar-refractivity contribution is 0.0527. The quantitative estimate of drug-likeness (QED) is 0.264. The van der Waals surface area contributed by atoms with E-state index in [1.165, 1.54) is 6.20 Å². The van der Waals surface area contributed by atoms with Gasteiger partial charge in [-0.15, -0.1) is 0 Å². The lowest BCUT2D eigenvalue weighted by Gasteiger charge is -2.20. The number of unbranched alkanes of at least 4 members (excludes halogenated alkanes) is 1. The van der Waals surface area contributed by atoms with E-state index in [0.29, 0.717) is 13.1 Å². The van der Waals surface area contributed by atoms with E-state index in [9.17, 15) is 4.79 Å². The highest BCUT2D eigenvalue weighted by Gasteiger charge is 2.15. The summed E-state index contributed by atoms with van der Waals surface area (Å²) in [4.78, 5) is 11.5. The summed E-state index contributed by atoms with van der Waals surface area (Å²) in [7, 11) is 0. The average molecular weight is 343 g/mol. The summed E-state index contributed by atoms with van der Waals surface area (Å²) >= 11 is 0. The van der Waals surface area contributed by atoms with Crippen LogP contribution in [0.15, 0.2) is 24.0 Å². The van der Waals surface area contributed by atoms with Crippen molar-refractivity contribution in [3.8, 4) is 0 Å². The molecule has 0 spiro atoms. The van der Waals surface area contributed by atoms with Crippen molar-refractivity contribution in [1.29, 1.82) is 0 Å². The maximum Gasteiger partial charge on any atom is 0.407 e. The van der Waals surface area contributed by atoms with Crippen LogP contribution in [0.2, 0.25) is 0 Å². The number of carbonyl (C=O) groups is 1. The summed E-state index contributed by atoms with van der Waals surface area (Å²) in [5, 5.41) is 8.87. The Bertz CT molecular complexity index is 422. The molecular weight excluding hydrogens is 310 g/mol. The highest BCUT2D eigenvalue weighted by atomic mass is 16.6. The van der Waals surface area contributed by atoms with Gasteiger partial charge in [-0.2, -0.15) is 0 Å². The van der Waals surface area contributed by atoms with Crippen LogP contribution in [0.1, 0.15) is 40.0 Å². The normalized spacial score (nSPS) is 11.8. The molecular formula is C15H33N7O2. The number of ether oxygens (including phenoxy) is 1. The van der Waals surface area contributed by atoms with Crippen molar-refractivity contribution >= 4 is 6.09 Å². The Hall–Kier alpha value is -2.45. The van der Waals surface area contributed by atoms with E-state index >= 15 is 0 Å². The number of hydrogen-bond acceptors (Lipinski definition) is 8. The Labute approximate surface area is 144 Å². The number of carbonyl (C=O) groups excluding carboxylic acids is 1. The van der Waals surface area contributed by atoms with Crippen molar-refractivity contribution in [2.75, 3.05) is 13.1 Å². The zero-order valence-corrected chi connectivity index (χ0v) is 14.9. The molecule has 0 saturated carbocycles. The lowest BCUT2D eigenvalue weighted by atomic mass is 10.1.